The zero-order valence-electron chi connectivity index (χ0n) is 27.4. The van der Waals surface area contributed by atoms with Crippen LogP contribution in [0.25, 0.3) is 0 Å². The monoisotopic (exact) mass is 671 g/mol. The number of hydrogen-bond acceptors (Lipinski definition) is 8. The SMILES string of the molecule is C=CC(=O)Nc1cccc(CNc2nc(Nc3cnn(C4CCN(CCNC(=O)CC5C6CC7CC(C6)CC5C7)CC4)c3)ncc2Cl)c1. The smallest absolute Gasteiger partial charge is 0.247 e. The van der Waals surface area contributed by atoms with Crippen LogP contribution >= 0.6 is 11.6 Å². The summed E-state index contributed by atoms with van der Waals surface area (Å²) in [5.74, 6) is 5.04. The van der Waals surface area contributed by atoms with Gasteiger partial charge in [-0.15, -0.1) is 0 Å². The highest BCUT2D eigenvalue weighted by atomic mass is 35.5. The van der Waals surface area contributed by atoms with Crippen LogP contribution in [0.4, 0.5) is 23.1 Å². The van der Waals surface area contributed by atoms with Gasteiger partial charge in [0.2, 0.25) is 17.8 Å². The number of hydrogen-bond donors (Lipinski definition) is 4. The fourth-order valence-corrected chi connectivity index (χ4v) is 9.00. The number of carbonyl (C=O) groups is 2. The molecular weight excluding hydrogens is 626 g/mol. The van der Waals surface area contributed by atoms with Crippen molar-refractivity contribution in [3.8, 4) is 0 Å². The maximum atomic E-state index is 12.8. The molecule has 0 atom stereocenters. The van der Waals surface area contributed by atoms with Crippen LogP contribution in [0.5, 0.6) is 0 Å². The Balaban J connectivity index is 0.838. The predicted octanol–water partition coefficient (Wildman–Crippen LogP) is 6.02. The Labute approximate surface area is 287 Å². The fourth-order valence-electron chi connectivity index (χ4n) is 8.84. The van der Waals surface area contributed by atoms with Crippen LogP contribution in [0, 0.1) is 29.6 Å². The second-order valence-electron chi connectivity index (χ2n) is 14.2. The molecule has 4 bridgehead atoms. The van der Waals surface area contributed by atoms with Crippen LogP contribution in [-0.2, 0) is 16.1 Å². The summed E-state index contributed by atoms with van der Waals surface area (Å²) in [5.41, 5.74) is 2.44. The van der Waals surface area contributed by atoms with Gasteiger partial charge in [0.25, 0.3) is 0 Å². The zero-order valence-corrected chi connectivity index (χ0v) is 28.2. The first-order valence-corrected chi connectivity index (χ1v) is 17.8. The van der Waals surface area contributed by atoms with Crippen LogP contribution < -0.4 is 21.3 Å². The molecule has 0 unspecified atom stereocenters. The molecule has 8 rings (SSSR count). The van der Waals surface area contributed by atoms with Crippen molar-refractivity contribution in [2.45, 2.75) is 64.0 Å². The molecule has 3 heterocycles. The van der Waals surface area contributed by atoms with Crippen LogP contribution in [-0.4, -0.2) is 62.6 Å². The summed E-state index contributed by atoms with van der Waals surface area (Å²) in [4.78, 5) is 35.8. The van der Waals surface area contributed by atoms with Gasteiger partial charge in [0.1, 0.15) is 5.02 Å². The number of piperidine rings is 1. The van der Waals surface area contributed by atoms with Gasteiger partial charge >= 0.3 is 0 Å². The van der Waals surface area contributed by atoms with Crippen molar-refractivity contribution in [1.82, 2.24) is 30.0 Å². The summed E-state index contributed by atoms with van der Waals surface area (Å²) >= 11 is 6.39. The van der Waals surface area contributed by atoms with Crippen molar-refractivity contribution in [3.63, 3.8) is 0 Å². The fraction of sp³-hybridized carbons (Fsp3) is 0.528. The maximum absolute atomic E-state index is 12.8. The van der Waals surface area contributed by atoms with E-state index in [1.807, 2.05) is 35.1 Å². The summed E-state index contributed by atoms with van der Waals surface area (Å²) in [6.07, 6.45) is 16.3. The van der Waals surface area contributed by atoms with E-state index in [0.717, 1.165) is 80.4 Å². The van der Waals surface area contributed by atoms with Gasteiger partial charge in [-0.25, -0.2) is 4.98 Å². The second-order valence-corrected chi connectivity index (χ2v) is 14.6. The molecule has 4 saturated carbocycles. The summed E-state index contributed by atoms with van der Waals surface area (Å²) in [6.45, 7) is 7.54. The number of carbonyl (C=O) groups excluding carboxylic acids is 2. The molecule has 12 heteroatoms. The van der Waals surface area contributed by atoms with Gasteiger partial charge in [-0.05, 0) is 98.3 Å². The number of rotatable bonds is 13. The molecule has 4 aliphatic carbocycles. The summed E-state index contributed by atoms with van der Waals surface area (Å²) < 4.78 is 2.03. The quantitative estimate of drug-likeness (QED) is 0.162. The highest BCUT2D eigenvalue weighted by Crippen LogP contribution is 2.57. The molecular formula is C36H46ClN9O2. The van der Waals surface area contributed by atoms with E-state index in [1.54, 1.807) is 12.4 Å². The Hall–Kier alpha value is -3.96. The van der Waals surface area contributed by atoms with Crippen molar-refractivity contribution in [1.29, 1.82) is 0 Å². The minimum atomic E-state index is -0.262. The van der Waals surface area contributed by atoms with E-state index in [1.165, 1.54) is 38.2 Å². The van der Waals surface area contributed by atoms with E-state index in [9.17, 15) is 9.59 Å². The number of aromatic nitrogens is 4. The Bertz CT molecular complexity index is 1590. The number of likely N-dealkylation sites (tertiary alicyclic amines) is 1. The normalized spacial score (nSPS) is 25.1. The number of amides is 2. The minimum Gasteiger partial charge on any atom is -0.365 e. The van der Waals surface area contributed by atoms with Gasteiger partial charge in [0.15, 0.2) is 5.82 Å². The number of nitrogens with zero attached hydrogens (tertiary/aromatic N) is 5. The first-order chi connectivity index (χ1) is 23.4. The molecule has 5 aliphatic rings. The summed E-state index contributed by atoms with van der Waals surface area (Å²) in [7, 11) is 0. The Morgan fingerprint density at radius 2 is 1.79 bits per heavy atom. The summed E-state index contributed by atoms with van der Waals surface area (Å²) in [6, 6.07) is 7.83. The molecule has 5 fully saturated rings. The van der Waals surface area contributed by atoms with E-state index < -0.39 is 0 Å². The van der Waals surface area contributed by atoms with E-state index in [-0.39, 0.29) is 11.8 Å². The summed E-state index contributed by atoms with van der Waals surface area (Å²) in [5, 5.41) is 17.5. The van der Waals surface area contributed by atoms with E-state index >= 15 is 0 Å². The van der Waals surface area contributed by atoms with Gasteiger partial charge in [0.05, 0.1) is 24.1 Å². The molecule has 0 radical (unpaired) electrons. The first kappa shape index (κ1) is 32.6. The van der Waals surface area contributed by atoms with Crippen LogP contribution in [0.15, 0.2) is 55.5 Å². The van der Waals surface area contributed by atoms with Crippen molar-refractivity contribution in [3.05, 3.63) is 66.1 Å². The molecule has 48 heavy (non-hydrogen) atoms. The van der Waals surface area contributed by atoms with Crippen molar-refractivity contribution in [2.24, 2.45) is 29.6 Å². The van der Waals surface area contributed by atoms with Crippen LogP contribution in [0.1, 0.15) is 63.0 Å². The molecule has 2 aromatic heterocycles. The second kappa shape index (κ2) is 14.7. The van der Waals surface area contributed by atoms with Gasteiger partial charge in [0, 0.05) is 51.0 Å². The van der Waals surface area contributed by atoms with E-state index in [0.29, 0.717) is 41.0 Å². The van der Waals surface area contributed by atoms with Crippen molar-refractivity contribution < 1.29 is 9.59 Å². The van der Waals surface area contributed by atoms with Crippen LogP contribution in [0.2, 0.25) is 5.02 Å². The highest BCUT2D eigenvalue weighted by molar-refractivity contribution is 6.32. The molecule has 254 valence electrons. The molecule has 0 spiro atoms. The predicted molar refractivity (Wildman–Crippen MR) is 188 cm³/mol. The Morgan fingerprint density at radius 3 is 2.54 bits per heavy atom. The largest absolute Gasteiger partial charge is 0.365 e. The average Bonchev–Trinajstić information content (AvgIpc) is 3.55. The molecule has 11 nitrogen and oxygen atoms in total. The lowest BCUT2D eigenvalue weighted by Crippen LogP contribution is -2.47. The van der Waals surface area contributed by atoms with Gasteiger partial charge in [-0.1, -0.05) is 30.3 Å². The molecule has 1 aliphatic heterocycles. The number of anilines is 4. The van der Waals surface area contributed by atoms with E-state index in [2.05, 4.69) is 47.8 Å². The lowest BCUT2D eigenvalue weighted by atomic mass is 9.51. The highest BCUT2D eigenvalue weighted by Gasteiger charge is 2.48. The minimum absolute atomic E-state index is 0.257. The first-order valence-electron chi connectivity index (χ1n) is 17.5. The lowest BCUT2D eigenvalue weighted by molar-refractivity contribution is -0.126. The topological polar surface area (TPSA) is 129 Å². The maximum Gasteiger partial charge on any atom is 0.247 e. The molecule has 1 aromatic carbocycles. The standard InChI is InChI=1S/C36H46ClN9O2/c1-2-33(47)42-28-5-3-4-23(17-28)19-39-35-32(37)21-40-36(44-35)43-29-20-41-46(22-29)30-6-9-45(10-7-30)11-8-38-34(48)18-31-26-13-24-12-25(15-26)16-27(31)14-24/h2-5,17,20-22,24-27,30-31H,1,6-16,18-19H2,(H,38,48)(H,42,47)(H2,39,40,43,44). The number of halogens is 1. The lowest BCUT2D eigenvalue weighted by Gasteiger charge is -2.54. The van der Waals surface area contributed by atoms with Gasteiger partial charge in [-0.2, -0.15) is 10.1 Å². The third-order valence-electron chi connectivity index (χ3n) is 11.0. The molecule has 1 saturated heterocycles. The van der Waals surface area contributed by atoms with Crippen molar-refractivity contribution in [2.75, 3.05) is 42.1 Å². The molecule has 2 amide bonds. The van der Waals surface area contributed by atoms with Gasteiger partial charge < -0.3 is 26.2 Å². The third kappa shape index (κ3) is 7.84. The van der Waals surface area contributed by atoms with Gasteiger partial charge in [-0.3, -0.25) is 14.3 Å². The average molecular weight is 672 g/mol. The zero-order chi connectivity index (χ0) is 33.0. The number of nitrogens with one attached hydrogen (secondary N) is 4. The molecule has 3 aromatic rings. The Morgan fingerprint density at radius 1 is 1.02 bits per heavy atom. The number of benzene rings is 1. The third-order valence-corrected chi connectivity index (χ3v) is 11.2. The van der Waals surface area contributed by atoms with Crippen molar-refractivity contribution >= 4 is 46.6 Å². The van der Waals surface area contributed by atoms with E-state index in [4.69, 9.17) is 11.6 Å². The molecule has 4 N–H and O–H groups in total. The van der Waals surface area contributed by atoms with Crippen LogP contribution in [0.3, 0.4) is 0 Å². The Kier molecular flexibility index (Phi) is 9.95.